The van der Waals surface area contributed by atoms with E-state index in [1.54, 1.807) is 12.0 Å². The highest BCUT2D eigenvalue weighted by molar-refractivity contribution is 5.92. The number of rotatable bonds is 6. The van der Waals surface area contributed by atoms with Gasteiger partial charge in [-0.1, -0.05) is 0 Å². The van der Waals surface area contributed by atoms with Gasteiger partial charge in [-0.3, -0.25) is 19.4 Å². The summed E-state index contributed by atoms with van der Waals surface area (Å²) in [6.07, 6.45) is 3.33. The van der Waals surface area contributed by atoms with Gasteiger partial charge in [0.1, 0.15) is 5.69 Å². The molecule has 2 atom stereocenters. The molecule has 0 bridgehead atoms. The fraction of sp³-hybridized carbons (Fsp3) is 0.625. The molecule has 0 saturated carbocycles. The van der Waals surface area contributed by atoms with Crippen LogP contribution in [0.5, 0.6) is 0 Å². The van der Waals surface area contributed by atoms with Gasteiger partial charge in [-0.05, 0) is 19.3 Å². The number of methoxy groups -OCH3 is 1. The van der Waals surface area contributed by atoms with E-state index in [-0.39, 0.29) is 31.2 Å². The van der Waals surface area contributed by atoms with Gasteiger partial charge in [0.25, 0.3) is 17.9 Å². The Labute approximate surface area is 150 Å². The van der Waals surface area contributed by atoms with Crippen molar-refractivity contribution in [2.24, 2.45) is 5.41 Å². The van der Waals surface area contributed by atoms with Gasteiger partial charge < -0.3 is 29.9 Å². The Hall–Kier alpha value is -2.30. The molecular weight excluding hydrogens is 346 g/mol. The van der Waals surface area contributed by atoms with Crippen LogP contribution < -0.4 is 5.56 Å². The number of carbonyl (C=O) groups is 2. The molecule has 10 heteroatoms. The molecule has 1 fully saturated rings. The van der Waals surface area contributed by atoms with Crippen LogP contribution in [0.2, 0.25) is 0 Å². The van der Waals surface area contributed by atoms with Gasteiger partial charge in [0, 0.05) is 32.2 Å². The van der Waals surface area contributed by atoms with Crippen molar-refractivity contribution < 1.29 is 29.6 Å². The summed E-state index contributed by atoms with van der Waals surface area (Å²) in [6, 6.07) is 0. The molecule has 0 unspecified atom stereocenters. The van der Waals surface area contributed by atoms with E-state index in [1.807, 2.05) is 0 Å². The molecule has 1 aliphatic rings. The van der Waals surface area contributed by atoms with Gasteiger partial charge in [-0.2, -0.15) is 0 Å². The van der Waals surface area contributed by atoms with Crippen LogP contribution in [0.25, 0.3) is 0 Å². The fourth-order valence-electron chi connectivity index (χ4n) is 3.03. The van der Waals surface area contributed by atoms with Gasteiger partial charge in [-0.25, -0.2) is 0 Å². The summed E-state index contributed by atoms with van der Waals surface area (Å²) >= 11 is 0. The zero-order valence-electron chi connectivity index (χ0n) is 14.6. The van der Waals surface area contributed by atoms with Crippen molar-refractivity contribution in [1.82, 2.24) is 14.9 Å². The molecule has 0 radical (unpaired) electrons. The van der Waals surface area contributed by atoms with Crippen molar-refractivity contribution in [3.8, 4) is 0 Å². The average molecular weight is 371 g/mol. The maximum Gasteiger partial charge on any atom is 0.290 e. The lowest BCUT2D eigenvalue weighted by Gasteiger charge is -2.45. The molecule has 0 aliphatic carbocycles. The Bertz CT molecular complexity index is 636. The third-order valence-corrected chi connectivity index (χ3v) is 4.39. The lowest BCUT2D eigenvalue weighted by atomic mass is 9.74. The van der Waals surface area contributed by atoms with E-state index < -0.39 is 17.1 Å². The number of nitrogens with one attached hydrogen (secondary N) is 1. The van der Waals surface area contributed by atoms with Crippen molar-refractivity contribution in [2.45, 2.75) is 25.4 Å². The second kappa shape index (κ2) is 10.6. The third kappa shape index (κ3) is 5.61. The quantitative estimate of drug-likeness (QED) is 0.370. The number of hydrogen-bond donors (Lipinski definition) is 4. The van der Waals surface area contributed by atoms with Crippen LogP contribution in [0, 0.1) is 5.41 Å². The minimum Gasteiger partial charge on any atom is -0.483 e. The predicted octanol–water partition coefficient (Wildman–Crippen LogP) is -0.917. The highest BCUT2D eigenvalue weighted by atomic mass is 16.5. The molecule has 1 saturated heterocycles. The van der Waals surface area contributed by atoms with Crippen molar-refractivity contribution >= 4 is 12.4 Å². The summed E-state index contributed by atoms with van der Waals surface area (Å²) in [5.74, 6) is -0.355. The minimum absolute atomic E-state index is 0.109. The number of hydrogen-bond acceptors (Lipinski definition) is 7. The SMILES string of the molecule is COCCC[C@@]1(CO)CN(C(=O)c2cncc(=O)[nH]2)CC[C@H]1O.O=CO. The van der Waals surface area contributed by atoms with Crippen LogP contribution in [0.4, 0.5) is 0 Å². The molecule has 4 N–H and O–H groups in total. The summed E-state index contributed by atoms with van der Waals surface area (Å²) in [5, 5.41) is 27.0. The van der Waals surface area contributed by atoms with E-state index >= 15 is 0 Å². The fourth-order valence-corrected chi connectivity index (χ4v) is 3.03. The number of piperidine rings is 1. The molecule has 146 valence electrons. The zero-order valence-corrected chi connectivity index (χ0v) is 14.6. The number of carboxylic acid groups (broad SMARTS) is 1. The molecule has 2 heterocycles. The third-order valence-electron chi connectivity index (χ3n) is 4.39. The summed E-state index contributed by atoms with van der Waals surface area (Å²) in [5.41, 5.74) is -1.10. The monoisotopic (exact) mass is 371 g/mol. The smallest absolute Gasteiger partial charge is 0.290 e. The topological polar surface area (TPSA) is 153 Å². The van der Waals surface area contributed by atoms with E-state index in [0.717, 1.165) is 6.20 Å². The molecule has 1 amide bonds. The molecule has 0 aromatic carbocycles. The first kappa shape index (κ1) is 21.7. The Kier molecular flexibility index (Phi) is 8.90. The Morgan fingerprint density at radius 3 is 2.81 bits per heavy atom. The number of amides is 1. The van der Waals surface area contributed by atoms with Gasteiger partial charge >= 0.3 is 0 Å². The van der Waals surface area contributed by atoms with Crippen molar-refractivity contribution in [1.29, 1.82) is 0 Å². The number of aliphatic hydroxyl groups is 2. The Morgan fingerprint density at radius 1 is 1.54 bits per heavy atom. The second-order valence-corrected chi connectivity index (χ2v) is 6.06. The van der Waals surface area contributed by atoms with Gasteiger partial charge in [-0.15, -0.1) is 0 Å². The predicted molar refractivity (Wildman–Crippen MR) is 90.7 cm³/mol. The van der Waals surface area contributed by atoms with Crippen LogP contribution in [0.15, 0.2) is 17.2 Å². The van der Waals surface area contributed by atoms with E-state index in [0.29, 0.717) is 32.4 Å². The Balaban J connectivity index is 0.00000105. The number of carbonyl (C=O) groups excluding carboxylic acids is 1. The van der Waals surface area contributed by atoms with Gasteiger partial charge in [0.2, 0.25) is 0 Å². The molecular formula is C16H25N3O7. The first-order chi connectivity index (χ1) is 12.4. The first-order valence-corrected chi connectivity index (χ1v) is 8.13. The van der Waals surface area contributed by atoms with E-state index in [4.69, 9.17) is 14.6 Å². The second-order valence-electron chi connectivity index (χ2n) is 6.06. The summed E-state index contributed by atoms with van der Waals surface area (Å²) in [7, 11) is 1.59. The highest BCUT2D eigenvalue weighted by Gasteiger charge is 2.43. The number of nitrogens with zero attached hydrogens (tertiary/aromatic N) is 2. The molecule has 1 aromatic heterocycles. The summed E-state index contributed by atoms with van der Waals surface area (Å²) < 4.78 is 5.02. The number of aromatic amines is 1. The van der Waals surface area contributed by atoms with Crippen molar-refractivity contribution in [2.75, 3.05) is 33.4 Å². The molecule has 26 heavy (non-hydrogen) atoms. The number of ether oxygens (including phenoxy) is 1. The lowest BCUT2D eigenvalue weighted by Crippen LogP contribution is -2.55. The molecule has 0 spiro atoms. The zero-order chi connectivity index (χ0) is 19.6. The first-order valence-electron chi connectivity index (χ1n) is 8.13. The van der Waals surface area contributed by atoms with Crippen molar-refractivity contribution in [3.63, 3.8) is 0 Å². The number of aliphatic hydroxyl groups excluding tert-OH is 2. The van der Waals surface area contributed by atoms with E-state index in [9.17, 15) is 19.8 Å². The van der Waals surface area contributed by atoms with Crippen LogP contribution in [-0.2, 0) is 9.53 Å². The van der Waals surface area contributed by atoms with Crippen molar-refractivity contribution in [3.05, 3.63) is 28.4 Å². The van der Waals surface area contributed by atoms with Crippen LogP contribution >= 0.6 is 0 Å². The van der Waals surface area contributed by atoms with Crippen LogP contribution in [0.3, 0.4) is 0 Å². The number of aromatic nitrogens is 2. The minimum atomic E-state index is -0.769. The van der Waals surface area contributed by atoms with Crippen LogP contribution in [-0.4, -0.2) is 82.1 Å². The highest BCUT2D eigenvalue weighted by Crippen LogP contribution is 2.35. The van der Waals surface area contributed by atoms with Gasteiger partial charge in [0.15, 0.2) is 0 Å². The Morgan fingerprint density at radius 2 is 2.23 bits per heavy atom. The largest absolute Gasteiger partial charge is 0.483 e. The maximum atomic E-state index is 12.5. The molecule has 2 rings (SSSR count). The van der Waals surface area contributed by atoms with Gasteiger partial charge in [0.05, 0.1) is 25.1 Å². The average Bonchev–Trinajstić information content (AvgIpc) is 2.63. The van der Waals surface area contributed by atoms with E-state index in [2.05, 4.69) is 9.97 Å². The molecule has 1 aromatic rings. The van der Waals surface area contributed by atoms with E-state index in [1.165, 1.54) is 6.20 Å². The summed E-state index contributed by atoms with van der Waals surface area (Å²) in [4.78, 5) is 39.9. The summed E-state index contributed by atoms with van der Waals surface area (Å²) in [6.45, 7) is 0.649. The number of likely N-dealkylation sites (tertiary alicyclic amines) is 1. The lowest BCUT2D eigenvalue weighted by molar-refractivity contribution is -0.122. The normalized spacial score (nSPS) is 22.3. The maximum absolute atomic E-state index is 12.5. The number of H-pyrrole nitrogens is 1. The molecule has 10 nitrogen and oxygen atoms in total. The standard InChI is InChI=1S/C15H23N3O5.CH2O2/c1-23-6-2-4-15(10-19)9-18(5-3-12(15)20)14(22)11-7-16-8-13(21)17-11;2-1-3/h7-8,12,19-20H,2-6,9-10H2,1H3,(H,17,21);1H,(H,2,3)/t12-,15+;/m1./s1. The molecule has 1 aliphatic heterocycles. The van der Waals surface area contributed by atoms with Crippen LogP contribution in [0.1, 0.15) is 29.8 Å².